The van der Waals surface area contributed by atoms with E-state index in [1.165, 1.54) is 0 Å². The van der Waals surface area contributed by atoms with Crippen molar-refractivity contribution in [2.45, 2.75) is 6.92 Å². The molecule has 10 heavy (non-hydrogen) atoms. The second-order valence-electron chi connectivity index (χ2n) is 3.03. The summed E-state index contributed by atoms with van der Waals surface area (Å²) < 4.78 is 15.4. The molecule has 0 aliphatic carbocycles. The van der Waals surface area contributed by atoms with Crippen LogP contribution in [-0.4, -0.2) is 44.5 Å². The van der Waals surface area contributed by atoms with Crippen LogP contribution in [0.3, 0.4) is 0 Å². The number of hydrogen-bond acceptors (Lipinski definition) is 3. The molecule has 3 saturated heterocycles. The Hall–Kier alpha value is 0.477. The highest BCUT2D eigenvalue weighted by atomic mass is 27.0. The van der Waals surface area contributed by atoms with Crippen molar-refractivity contribution in [2.24, 2.45) is 5.41 Å². The van der Waals surface area contributed by atoms with E-state index in [0.717, 1.165) is 19.8 Å². The second kappa shape index (κ2) is 2.84. The molecular formula is C5H11AlBO3. The smallest absolute Gasteiger partial charge is 0.385 e. The summed E-state index contributed by atoms with van der Waals surface area (Å²) in [6, 6.07) is 0. The number of rotatable bonds is 0. The highest BCUT2D eigenvalue weighted by molar-refractivity contribution is 6.36. The van der Waals surface area contributed by atoms with Gasteiger partial charge in [-0.3, -0.25) is 0 Å². The predicted octanol–water partition coefficient (Wildman–Crippen LogP) is -0.862. The number of hydrogen-bond donors (Lipinski definition) is 0. The van der Waals surface area contributed by atoms with Gasteiger partial charge in [0.25, 0.3) is 0 Å². The topological polar surface area (TPSA) is 27.7 Å². The lowest BCUT2D eigenvalue weighted by Gasteiger charge is -2.41. The number of fused-ring (bicyclic) bond motifs is 3. The summed E-state index contributed by atoms with van der Waals surface area (Å²) in [5.74, 6) is 0. The fourth-order valence-electron chi connectivity index (χ4n) is 1.08. The van der Waals surface area contributed by atoms with Gasteiger partial charge in [0.2, 0.25) is 0 Å². The van der Waals surface area contributed by atoms with Gasteiger partial charge in [-0.2, -0.15) is 0 Å². The van der Waals surface area contributed by atoms with Crippen LogP contribution in [0.4, 0.5) is 0 Å². The van der Waals surface area contributed by atoms with Gasteiger partial charge in [-0.05, 0) is 0 Å². The molecule has 3 heterocycles. The Morgan fingerprint density at radius 1 is 1.10 bits per heavy atom. The molecule has 0 aromatic heterocycles. The van der Waals surface area contributed by atoms with Gasteiger partial charge in [-0.25, -0.2) is 0 Å². The summed E-state index contributed by atoms with van der Waals surface area (Å²) in [4.78, 5) is 0. The molecule has 3 aliphatic rings. The van der Waals surface area contributed by atoms with E-state index in [-0.39, 0.29) is 30.1 Å². The summed E-state index contributed by atoms with van der Waals surface area (Å²) in [5, 5.41) is 0. The minimum absolute atomic E-state index is 0. The maximum Gasteiger partial charge on any atom is 0.639 e. The minimum Gasteiger partial charge on any atom is -0.385 e. The van der Waals surface area contributed by atoms with Gasteiger partial charge in [-0.1, -0.05) is 6.92 Å². The van der Waals surface area contributed by atoms with E-state index in [2.05, 4.69) is 6.92 Å². The molecule has 55 valence electrons. The Morgan fingerprint density at radius 2 is 1.50 bits per heavy atom. The molecule has 3 aliphatic heterocycles. The first-order valence-corrected chi connectivity index (χ1v) is 3.13. The summed E-state index contributed by atoms with van der Waals surface area (Å²) >= 11 is 0. The molecule has 0 amide bonds. The molecule has 3 fully saturated rings. The highest BCUT2D eigenvalue weighted by Crippen LogP contribution is 2.28. The van der Waals surface area contributed by atoms with E-state index in [1.807, 2.05) is 0 Å². The van der Waals surface area contributed by atoms with Gasteiger partial charge in [0.05, 0.1) is 0 Å². The Labute approximate surface area is 71.3 Å². The lowest BCUT2D eigenvalue weighted by atomic mass is 9.87. The van der Waals surface area contributed by atoms with E-state index in [4.69, 9.17) is 14.0 Å². The molecule has 1 radical (unpaired) electrons. The lowest BCUT2D eigenvalue weighted by molar-refractivity contribution is -0.106. The van der Waals surface area contributed by atoms with Crippen molar-refractivity contribution >= 4 is 24.7 Å². The predicted molar refractivity (Wildman–Crippen MR) is 40.3 cm³/mol. The zero-order valence-electron chi connectivity index (χ0n) is 6.42. The van der Waals surface area contributed by atoms with E-state index < -0.39 is 0 Å². The van der Waals surface area contributed by atoms with E-state index >= 15 is 0 Å². The Morgan fingerprint density at radius 3 is 1.70 bits per heavy atom. The van der Waals surface area contributed by atoms with Gasteiger partial charge < -0.3 is 14.0 Å². The Bertz CT molecular complexity index is 110. The van der Waals surface area contributed by atoms with E-state index in [0.29, 0.717) is 0 Å². The van der Waals surface area contributed by atoms with E-state index in [1.54, 1.807) is 0 Å². The molecule has 3 nitrogen and oxygen atoms in total. The average Bonchev–Trinajstić information content (AvgIpc) is 1.90. The lowest BCUT2D eigenvalue weighted by Crippen LogP contribution is -2.53. The van der Waals surface area contributed by atoms with Gasteiger partial charge >= 0.3 is 7.32 Å². The minimum atomic E-state index is -0.369. The van der Waals surface area contributed by atoms with Crippen LogP contribution < -0.4 is 0 Å². The average molecular weight is 157 g/mol. The zero-order chi connectivity index (χ0) is 6.32. The third-order valence-electron chi connectivity index (χ3n) is 1.70. The van der Waals surface area contributed by atoms with Crippen LogP contribution in [0.2, 0.25) is 0 Å². The fraction of sp³-hybridized carbons (Fsp3) is 1.00. The van der Waals surface area contributed by atoms with Crippen molar-refractivity contribution in [3.8, 4) is 0 Å². The summed E-state index contributed by atoms with van der Waals surface area (Å²) in [6.07, 6.45) is 0. The third-order valence-corrected chi connectivity index (χ3v) is 1.70. The molecule has 0 saturated carbocycles. The largest absolute Gasteiger partial charge is 0.639 e. The maximum absolute atomic E-state index is 5.14. The molecular weight excluding hydrogens is 146 g/mol. The monoisotopic (exact) mass is 157 g/mol. The molecule has 0 spiro atoms. The highest BCUT2D eigenvalue weighted by Gasteiger charge is 2.43. The third kappa shape index (κ3) is 1.39. The van der Waals surface area contributed by atoms with Gasteiger partial charge in [-0.15, -0.1) is 0 Å². The second-order valence-corrected chi connectivity index (χ2v) is 3.03. The fourth-order valence-corrected chi connectivity index (χ4v) is 1.08. The molecule has 0 aromatic rings. The van der Waals surface area contributed by atoms with Crippen LogP contribution in [0.5, 0.6) is 0 Å². The van der Waals surface area contributed by atoms with Crippen molar-refractivity contribution < 1.29 is 14.0 Å². The van der Waals surface area contributed by atoms with Gasteiger partial charge in [0.15, 0.2) is 0 Å². The van der Waals surface area contributed by atoms with Crippen molar-refractivity contribution in [3.05, 3.63) is 0 Å². The molecule has 0 unspecified atom stereocenters. The van der Waals surface area contributed by atoms with Crippen LogP contribution in [0.1, 0.15) is 6.92 Å². The quantitative estimate of drug-likeness (QED) is 0.428. The summed E-state index contributed by atoms with van der Waals surface area (Å²) in [7, 11) is -0.369. The SMILES string of the molecule is CC12COB(OC1)OC2.[AlH2]. The summed E-state index contributed by atoms with van der Waals surface area (Å²) in [5.41, 5.74) is 0.120. The van der Waals surface area contributed by atoms with Crippen LogP contribution in [0.15, 0.2) is 0 Å². The summed E-state index contributed by atoms with van der Waals surface area (Å²) in [6.45, 7) is 4.43. The Kier molecular flexibility index (Phi) is 2.44. The maximum atomic E-state index is 5.14. The molecule has 5 heteroatoms. The molecule has 0 aromatic carbocycles. The standard InChI is InChI=1S/C5H9BO3.Al.2H/c1-5-2-7-6(8-3-5)9-4-5;;;/h2-4H2,1H3;;;. The zero-order valence-corrected chi connectivity index (χ0v) is 8.42. The van der Waals surface area contributed by atoms with E-state index in [9.17, 15) is 0 Å². The molecule has 3 rings (SSSR count). The van der Waals surface area contributed by atoms with Crippen molar-refractivity contribution in [1.29, 1.82) is 0 Å². The van der Waals surface area contributed by atoms with Crippen molar-refractivity contribution in [2.75, 3.05) is 19.8 Å². The molecule has 0 atom stereocenters. The van der Waals surface area contributed by atoms with Crippen LogP contribution >= 0.6 is 0 Å². The van der Waals surface area contributed by atoms with Gasteiger partial charge in [0, 0.05) is 25.2 Å². The first-order chi connectivity index (χ1) is 4.29. The normalized spacial score (nSPS) is 27.9. The van der Waals surface area contributed by atoms with Crippen LogP contribution in [0, 0.1) is 5.41 Å². The first-order valence-electron chi connectivity index (χ1n) is 3.13. The molecule has 2 bridgehead atoms. The van der Waals surface area contributed by atoms with Crippen LogP contribution in [0.25, 0.3) is 0 Å². The Balaban J connectivity index is 0.000000500. The first kappa shape index (κ1) is 8.57. The van der Waals surface area contributed by atoms with Crippen LogP contribution in [-0.2, 0) is 14.0 Å². The van der Waals surface area contributed by atoms with Gasteiger partial charge in [0.1, 0.15) is 17.4 Å². The molecule has 0 N–H and O–H groups in total. The van der Waals surface area contributed by atoms with Crippen molar-refractivity contribution in [1.82, 2.24) is 0 Å². The van der Waals surface area contributed by atoms with Crippen molar-refractivity contribution in [3.63, 3.8) is 0 Å².